The van der Waals surface area contributed by atoms with E-state index in [0.29, 0.717) is 6.61 Å². The first-order chi connectivity index (χ1) is 9.29. The van der Waals surface area contributed by atoms with Crippen molar-refractivity contribution >= 4 is 11.7 Å². The van der Waals surface area contributed by atoms with Crippen molar-refractivity contribution < 1.29 is 14.3 Å². The first kappa shape index (κ1) is 16.2. The maximum absolute atomic E-state index is 11.7. The van der Waals surface area contributed by atoms with Crippen molar-refractivity contribution in [1.29, 1.82) is 0 Å². The highest BCUT2D eigenvalue weighted by Gasteiger charge is 2.21. The molecule has 0 atom stereocenters. The average molecular weight is 277 g/mol. The van der Waals surface area contributed by atoms with E-state index in [1.54, 1.807) is 0 Å². The van der Waals surface area contributed by atoms with Crippen LogP contribution in [-0.2, 0) is 9.59 Å². The van der Waals surface area contributed by atoms with Gasteiger partial charge in [0.15, 0.2) is 5.78 Å². The van der Waals surface area contributed by atoms with Crippen LogP contribution in [0.3, 0.4) is 0 Å². The molecule has 4 nitrogen and oxygen atoms in total. The van der Waals surface area contributed by atoms with Crippen molar-refractivity contribution in [2.45, 2.75) is 34.1 Å². The average Bonchev–Trinajstić information content (AvgIpc) is 2.35. The molecule has 0 spiro atoms. The molecule has 0 saturated carbocycles. The van der Waals surface area contributed by atoms with Gasteiger partial charge in [0.1, 0.15) is 5.75 Å². The molecule has 0 radical (unpaired) electrons. The Balaban J connectivity index is 2.26. The normalized spacial score (nSPS) is 11.0. The van der Waals surface area contributed by atoms with Crippen molar-refractivity contribution in [2.24, 2.45) is 5.41 Å². The fourth-order valence-electron chi connectivity index (χ4n) is 1.50. The molecule has 1 N–H and O–H groups in total. The fraction of sp³-hybridized carbons (Fsp3) is 0.500. The summed E-state index contributed by atoms with van der Waals surface area (Å²) < 4.78 is 5.49. The van der Waals surface area contributed by atoms with Crippen LogP contribution in [0.4, 0.5) is 0 Å². The molecule has 0 fully saturated rings. The molecule has 1 rings (SSSR count). The Kier molecular flexibility index (Phi) is 5.74. The minimum absolute atomic E-state index is 0.0189. The van der Waals surface area contributed by atoms with Crippen LogP contribution in [0.1, 0.15) is 32.8 Å². The topological polar surface area (TPSA) is 55.4 Å². The van der Waals surface area contributed by atoms with Crippen LogP contribution in [0.15, 0.2) is 24.3 Å². The molecule has 0 heterocycles. The van der Waals surface area contributed by atoms with Crippen molar-refractivity contribution in [3.63, 3.8) is 0 Å². The highest BCUT2D eigenvalue weighted by Crippen LogP contribution is 2.14. The predicted octanol–water partition coefficient (Wildman–Crippen LogP) is 2.50. The summed E-state index contributed by atoms with van der Waals surface area (Å²) in [4.78, 5) is 23.2. The largest absolute Gasteiger partial charge is 0.493 e. The van der Waals surface area contributed by atoms with Gasteiger partial charge in [-0.1, -0.05) is 32.9 Å². The molecule has 110 valence electrons. The molecule has 0 aliphatic rings. The van der Waals surface area contributed by atoms with Gasteiger partial charge in [-0.2, -0.15) is 0 Å². The summed E-state index contributed by atoms with van der Waals surface area (Å²) in [6, 6.07) is 7.67. The van der Waals surface area contributed by atoms with Crippen LogP contribution in [0, 0.1) is 12.3 Å². The van der Waals surface area contributed by atoms with Gasteiger partial charge in [-0.25, -0.2) is 0 Å². The third-order valence-corrected chi connectivity index (χ3v) is 2.87. The van der Waals surface area contributed by atoms with Crippen LogP contribution in [0.25, 0.3) is 0 Å². The summed E-state index contributed by atoms with van der Waals surface area (Å²) in [6.45, 7) is 7.87. The lowest BCUT2D eigenvalue weighted by Crippen LogP contribution is -2.35. The summed E-state index contributed by atoms with van der Waals surface area (Å²) in [5.74, 6) is 0.601. The Morgan fingerprint density at radius 1 is 1.25 bits per heavy atom. The zero-order chi connectivity index (χ0) is 15.2. The molecule has 0 aliphatic carbocycles. The van der Waals surface area contributed by atoms with Gasteiger partial charge < -0.3 is 10.1 Å². The maximum atomic E-state index is 11.7. The van der Waals surface area contributed by atoms with Crippen LogP contribution >= 0.6 is 0 Å². The number of hydrogen-bond acceptors (Lipinski definition) is 3. The lowest BCUT2D eigenvalue weighted by atomic mass is 9.91. The quantitative estimate of drug-likeness (QED) is 0.869. The zero-order valence-electron chi connectivity index (χ0n) is 12.7. The number of Topliss-reactive ketones (excluding diaryl/α,β-unsaturated/α-hetero) is 1. The Hall–Kier alpha value is -1.84. The Bertz CT molecular complexity index is 475. The van der Waals surface area contributed by atoms with E-state index >= 15 is 0 Å². The number of carbonyl (C=O) groups excluding carboxylic acids is 2. The molecule has 1 aromatic rings. The molecule has 0 aromatic heterocycles. The van der Waals surface area contributed by atoms with Crippen LogP contribution < -0.4 is 10.1 Å². The maximum Gasteiger partial charge on any atom is 0.223 e. The molecule has 0 bridgehead atoms. The number of carbonyl (C=O) groups is 2. The van der Waals surface area contributed by atoms with E-state index in [-0.39, 0.29) is 24.7 Å². The Morgan fingerprint density at radius 2 is 1.95 bits per heavy atom. The fourth-order valence-corrected chi connectivity index (χ4v) is 1.50. The standard InChI is InChI=1S/C16H23NO3/c1-12-6-5-7-13(10-12)20-9-8-15(19)17-11-14(18)16(2,3)4/h5-7,10H,8-9,11H2,1-4H3,(H,17,19). The van der Waals surface area contributed by atoms with Gasteiger partial charge in [0, 0.05) is 5.41 Å². The third-order valence-electron chi connectivity index (χ3n) is 2.87. The molecular weight excluding hydrogens is 254 g/mol. The van der Waals surface area contributed by atoms with Gasteiger partial charge >= 0.3 is 0 Å². The Labute approximate surface area is 120 Å². The molecule has 1 amide bonds. The van der Waals surface area contributed by atoms with Gasteiger partial charge in [-0.15, -0.1) is 0 Å². The van der Waals surface area contributed by atoms with Crippen LogP contribution in [-0.4, -0.2) is 24.8 Å². The van der Waals surface area contributed by atoms with E-state index < -0.39 is 5.41 Å². The molecule has 0 unspecified atom stereocenters. The summed E-state index contributed by atoms with van der Waals surface area (Å²) >= 11 is 0. The van der Waals surface area contributed by atoms with E-state index in [1.807, 2.05) is 52.0 Å². The number of ether oxygens (including phenoxy) is 1. The first-order valence-corrected chi connectivity index (χ1v) is 6.78. The minimum Gasteiger partial charge on any atom is -0.493 e. The third kappa shape index (κ3) is 5.87. The van der Waals surface area contributed by atoms with Gasteiger partial charge in [-0.05, 0) is 24.6 Å². The minimum atomic E-state index is -0.425. The highest BCUT2D eigenvalue weighted by molar-refractivity contribution is 5.89. The first-order valence-electron chi connectivity index (χ1n) is 6.78. The molecular formula is C16H23NO3. The SMILES string of the molecule is Cc1cccc(OCCC(=O)NCC(=O)C(C)(C)C)c1. The van der Waals surface area contributed by atoms with Crippen molar-refractivity contribution in [1.82, 2.24) is 5.32 Å². The Morgan fingerprint density at radius 3 is 2.55 bits per heavy atom. The molecule has 0 aliphatic heterocycles. The molecule has 1 aromatic carbocycles. The summed E-state index contributed by atoms with van der Waals surface area (Å²) in [5.41, 5.74) is 0.688. The van der Waals surface area contributed by atoms with E-state index in [9.17, 15) is 9.59 Å². The second kappa shape index (κ2) is 7.08. The summed E-state index contributed by atoms with van der Waals surface area (Å²) in [7, 11) is 0. The number of nitrogens with one attached hydrogen (secondary N) is 1. The summed E-state index contributed by atoms with van der Waals surface area (Å²) in [6.07, 6.45) is 0.241. The second-order valence-electron chi connectivity index (χ2n) is 5.86. The van der Waals surface area contributed by atoms with Crippen LogP contribution in [0.2, 0.25) is 0 Å². The number of benzene rings is 1. The highest BCUT2D eigenvalue weighted by atomic mass is 16.5. The van der Waals surface area contributed by atoms with E-state index in [2.05, 4.69) is 5.32 Å². The lowest BCUT2D eigenvalue weighted by Gasteiger charge is -2.16. The summed E-state index contributed by atoms with van der Waals surface area (Å²) in [5, 5.41) is 2.62. The second-order valence-corrected chi connectivity index (χ2v) is 5.86. The number of hydrogen-bond donors (Lipinski definition) is 1. The van der Waals surface area contributed by atoms with Crippen LogP contribution in [0.5, 0.6) is 5.75 Å². The number of rotatable bonds is 6. The van der Waals surface area contributed by atoms with E-state index in [1.165, 1.54) is 0 Å². The smallest absolute Gasteiger partial charge is 0.223 e. The van der Waals surface area contributed by atoms with Gasteiger partial charge in [-0.3, -0.25) is 9.59 Å². The van der Waals surface area contributed by atoms with Gasteiger partial charge in [0.25, 0.3) is 0 Å². The van der Waals surface area contributed by atoms with Crippen molar-refractivity contribution in [3.05, 3.63) is 29.8 Å². The van der Waals surface area contributed by atoms with Crippen molar-refractivity contribution in [2.75, 3.05) is 13.2 Å². The van der Waals surface area contributed by atoms with E-state index in [4.69, 9.17) is 4.74 Å². The zero-order valence-corrected chi connectivity index (χ0v) is 12.7. The molecule has 0 saturated heterocycles. The number of amides is 1. The molecule has 4 heteroatoms. The lowest BCUT2D eigenvalue weighted by molar-refractivity contribution is -0.129. The van der Waals surface area contributed by atoms with Gasteiger partial charge in [0.2, 0.25) is 5.91 Å². The monoisotopic (exact) mass is 277 g/mol. The number of ketones is 1. The molecule has 20 heavy (non-hydrogen) atoms. The van der Waals surface area contributed by atoms with E-state index in [0.717, 1.165) is 11.3 Å². The predicted molar refractivity (Wildman–Crippen MR) is 78.8 cm³/mol. The number of aryl methyl sites for hydroxylation is 1. The van der Waals surface area contributed by atoms with Gasteiger partial charge in [0.05, 0.1) is 19.6 Å². The van der Waals surface area contributed by atoms with Crippen molar-refractivity contribution in [3.8, 4) is 5.75 Å².